The topological polar surface area (TPSA) is 101 Å². The number of phenols is 1. The Hall–Kier alpha value is -4.27. The van der Waals surface area contributed by atoms with Crippen molar-refractivity contribution in [2.75, 3.05) is 0 Å². The normalized spacial score (nSPS) is 9.17. The summed E-state index contributed by atoms with van der Waals surface area (Å²) < 4.78 is 56.6. The number of hydrogen-bond acceptors (Lipinski definition) is 5. The molecule has 216 valence electrons. The lowest BCUT2D eigenvalue weighted by atomic mass is 10.2. The van der Waals surface area contributed by atoms with Crippen LogP contribution in [-0.4, -0.2) is 5.11 Å². The minimum absolute atomic E-state index is 0.0469. The number of phenolic OH excluding ortho intramolecular Hbond substituents is 1. The molecule has 12 heteroatoms. The minimum Gasteiger partial charge on any atom is -0.506 e. The van der Waals surface area contributed by atoms with Gasteiger partial charge < -0.3 is 9.84 Å². The van der Waals surface area contributed by atoms with Gasteiger partial charge in [0.2, 0.25) is 0 Å². The summed E-state index contributed by atoms with van der Waals surface area (Å²) in [6.45, 7) is 1.38. The van der Waals surface area contributed by atoms with Crippen molar-refractivity contribution in [1.82, 2.24) is 0 Å². The number of alkyl halides is 1. The Bertz CT molecular complexity index is 1600. The van der Waals surface area contributed by atoms with Crippen LogP contribution in [0.5, 0.6) is 11.5 Å². The molecule has 0 aromatic heterocycles. The molecule has 0 spiro atoms. The summed E-state index contributed by atoms with van der Waals surface area (Å²) in [6.07, 6.45) is 0. The van der Waals surface area contributed by atoms with Gasteiger partial charge in [-0.3, -0.25) is 0 Å². The van der Waals surface area contributed by atoms with Gasteiger partial charge in [-0.05, 0) is 66.2 Å². The van der Waals surface area contributed by atoms with Crippen molar-refractivity contribution in [3.63, 3.8) is 0 Å². The quantitative estimate of drug-likeness (QED) is 0.171. The molecule has 0 heterocycles. The molecule has 42 heavy (non-hydrogen) atoms. The number of halogens is 7. The number of nitriles is 3. The highest BCUT2D eigenvalue weighted by molar-refractivity contribution is 9.08. The fourth-order valence-electron chi connectivity index (χ4n) is 2.81. The van der Waals surface area contributed by atoms with E-state index in [0.717, 1.165) is 11.6 Å². The fraction of sp³-hybridized carbons (Fsp3) is 0.100. The number of benzene rings is 4. The molecule has 0 saturated heterocycles. The van der Waals surface area contributed by atoms with Crippen molar-refractivity contribution in [3.8, 4) is 29.7 Å². The number of nitrogens with zero attached hydrogens (tertiary/aromatic N) is 3. The molecule has 1 N–H and O–H groups in total. The van der Waals surface area contributed by atoms with Crippen molar-refractivity contribution in [3.05, 3.63) is 128 Å². The first-order valence-corrected chi connectivity index (χ1v) is 13.3. The third kappa shape index (κ3) is 11.7. The minimum atomic E-state index is -0.692. The molecule has 0 unspecified atom stereocenters. The molecule has 0 atom stereocenters. The standard InChI is InChI=1S/C14H8ClF2NO.C7H5BrClF.C7H4FNO.C2H3N/c15-12-5-4-10(16)6-9(12)8-19-14-3-1-2-13(17)11(14)7-18;8-4-5-3-6(10)1-2-7(5)9;8-6-2-1-3-7(10)5(6)4-9;1-2-3/h1-6H,8H2;1-3H,4H2;1-3,10H;1H3. The van der Waals surface area contributed by atoms with Gasteiger partial charge in [-0.25, -0.2) is 17.6 Å². The fourth-order valence-corrected chi connectivity index (χ4v) is 3.79. The summed E-state index contributed by atoms with van der Waals surface area (Å²) in [5.74, 6) is -2.26. The number of ether oxygens (including phenoxy) is 1. The van der Waals surface area contributed by atoms with E-state index in [4.69, 9.17) is 48.8 Å². The smallest absolute Gasteiger partial charge is 0.144 e. The third-order valence-corrected chi connectivity index (χ3v) is 6.07. The highest BCUT2D eigenvalue weighted by atomic mass is 79.9. The largest absolute Gasteiger partial charge is 0.506 e. The predicted molar refractivity (Wildman–Crippen MR) is 155 cm³/mol. The van der Waals surface area contributed by atoms with Gasteiger partial charge in [-0.2, -0.15) is 15.8 Å². The van der Waals surface area contributed by atoms with E-state index in [1.807, 2.05) is 0 Å². The van der Waals surface area contributed by atoms with Crippen LogP contribution in [0.15, 0.2) is 72.8 Å². The lowest BCUT2D eigenvalue weighted by Gasteiger charge is -2.09. The maximum atomic E-state index is 13.3. The van der Waals surface area contributed by atoms with E-state index in [1.54, 1.807) is 18.2 Å². The Morgan fingerprint density at radius 2 is 1.24 bits per heavy atom. The summed E-state index contributed by atoms with van der Waals surface area (Å²) in [4.78, 5) is 0. The lowest BCUT2D eigenvalue weighted by Crippen LogP contribution is -2.00. The van der Waals surface area contributed by atoms with Crippen LogP contribution < -0.4 is 4.74 Å². The molecule has 4 aromatic rings. The summed E-state index contributed by atoms with van der Waals surface area (Å²) in [5, 5.41) is 34.8. The van der Waals surface area contributed by atoms with Crippen LogP contribution in [0.2, 0.25) is 10.0 Å². The SMILES string of the molecule is CC#N.Fc1ccc(Cl)c(CBr)c1.N#Cc1c(F)cccc1OCc1cc(F)ccc1Cl.N#Cc1c(O)cccc1F. The lowest BCUT2D eigenvalue weighted by molar-refractivity contribution is 0.303. The molecule has 0 amide bonds. The van der Waals surface area contributed by atoms with Gasteiger partial charge in [0.1, 0.15) is 64.6 Å². The van der Waals surface area contributed by atoms with E-state index < -0.39 is 17.5 Å². The van der Waals surface area contributed by atoms with E-state index in [0.29, 0.717) is 20.9 Å². The van der Waals surface area contributed by atoms with Gasteiger partial charge in [0, 0.05) is 27.9 Å². The van der Waals surface area contributed by atoms with Crippen LogP contribution in [0, 0.1) is 57.3 Å². The summed E-state index contributed by atoms with van der Waals surface area (Å²) >= 11 is 14.8. The molecule has 0 bridgehead atoms. The zero-order valence-electron chi connectivity index (χ0n) is 21.7. The van der Waals surface area contributed by atoms with Crippen molar-refractivity contribution < 1.29 is 27.4 Å². The summed E-state index contributed by atoms with van der Waals surface area (Å²) in [5.41, 5.74) is 0.717. The molecule has 0 fully saturated rings. The molecular weight excluding hydrogens is 661 g/mol. The first kappa shape index (κ1) is 35.8. The van der Waals surface area contributed by atoms with Crippen molar-refractivity contribution in [2.45, 2.75) is 18.9 Å². The van der Waals surface area contributed by atoms with E-state index in [1.165, 1.54) is 73.7 Å². The van der Waals surface area contributed by atoms with Crippen molar-refractivity contribution in [1.29, 1.82) is 15.8 Å². The highest BCUT2D eigenvalue weighted by Gasteiger charge is 2.10. The second kappa shape index (κ2) is 19.0. The van der Waals surface area contributed by atoms with Crippen LogP contribution in [0.3, 0.4) is 0 Å². The van der Waals surface area contributed by atoms with Gasteiger partial charge in [0.25, 0.3) is 0 Å². The Balaban J connectivity index is 0.000000325. The Morgan fingerprint density at radius 1 is 0.762 bits per heavy atom. The van der Waals surface area contributed by atoms with Gasteiger partial charge >= 0.3 is 0 Å². The average Bonchev–Trinajstić information content (AvgIpc) is 2.96. The molecule has 0 aliphatic rings. The number of rotatable bonds is 4. The predicted octanol–water partition coefficient (Wildman–Crippen LogP) is 9.38. The summed E-state index contributed by atoms with van der Waals surface area (Å²) in [7, 11) is 0. The van der Waals surface area contributed by atoms with Gasteiger partial charge in [-0.1, -0.05) is 51.3 Å². The van der Waals surface area contributed by atoms with Gasteiger partial charge in [0.15, 0.2) is 0 Å². The maximum absolute atomic E-state index is 13.3. The zero-order valence-corrected chi connectivity index (χ0v) is 24.8. The first-order chi connectivity index (χ1) is 20.0. The van der Waals surface area contributed by atoms with Crippen LogP contribution >= 0.6 is 39.1 Å². The molecule has 4 aromatic carbocycles. The summed E-state index contributed by atoms with van der Waals surface area (Å²) in [6, 6.07) is 21.0. The van der Waals surface area contributed by atoms with E-state index in [9.17, 15) is 17.6 Å². The number of hydrogen-bond donors (Lipinski definition) is 1. The van der Waals surface area contributed by atoms with Gasteiger partial charge in [0.05, 0.1) is 6.07 Å². The van der Waals surface area contributed by atoms with Crippen molar-refractivity contribution in [2.24, 2.45) is 0 Å². The van der Waals surface area contributed by atoms with Gasteiger partial charge in [-0.15, -0.1) is 0 Å². The Morgan fingerprint density at radius 3 is 1.69 bits per heavy atom. The Kier molecular flexibility index (Phi) is 16.1. The maximum Gasteiger partial charge on any atom is 0.144 e. The molecule has 0 saturated carbocycles. The van der Waals surface area contributed by atoms with E-state index in [2.05, 4.69) is 15.9 Å². The van der Waals surface area contributed by atoms with E-state index in [-0.39, 0.29) is 35.1 Å². The monoisotopic (exact) mass is 679 g/mol. The first-order valence-electron chi connectivity index (χ1n) is 11.5. The van der Waals surface area contributed by atoms with Crippen LogP contribution in [0.1, 0.15) is 29.2 Å². The van der Waals surface area contributed by atoms with Crippen LogP contribution in [-0.2, 0) is 11.9 Å². The molecular formula is C30H20BrCl2F4N3O2. The molecule has 5 nitrogen and oxygen atoms in total. The highest BCUT2D eigenvalue weighted by Crippen LogP contribution is 2.24. The molecule has 0 aliphatic heterocycles. The Labute approximate surface area is 258 Å². The van der Waals surface area contributed by atoms with Crippen molar-refractivity contribution >= 4 is 39.1 Å². The molecule has 0 aliphatic carbocycles. The molecule has 0 radical (unpaired) electrons. The van der Waals surface area contributed by atoms with Crippen LogP contribution in [0.25, 0.3) is 0 Å². The second-order valence-corrected chi connectivity index (χ2v) is 8.96. The van der Waals surface area contributed by atoms with Crippen LogP contribution in [0.4, 0.5) is 17.6 Å². The second-order valence-electron chi connectivity index (χ2n) is 7.59. The number of aromatic hydroxyl groups is 1. The average molecular weight is 681 g/mol. The molecule has 4 rings (SSSR count). The van der Waals surface area contributed by atoms with E-state index >= 15 is 0 Å². The third-order valence-electron chi connectivity index (χ3n) is 4.73. The zero-order chi connectivity index (χ0) is 31.7.